The van der Waals surface area contributed by atoms with E-state index in [9.17, 15) is 0 Å². The Morgan fingerprint density at radius 1 is 0.200 bits per heavy atom. The third-order valence-corrected chi connectivity index (χ3v) is 10.5. The van der Waals surface area contributed by atoms with Crippen molar-refractivity contribution < 1.29 is 0 Å². The van der Waals surface area contributed by atoms with Gasteiger partial charge in [-0.1, -0.05) is 188 Å². The molecule has 0 heterocycles. The fraction of sp³-hybridized carbons (Fsp3) is 0. The number of fused-ring (bicyclic) bond motifs is 5. The molecule has 10 aromatic rings. The first-order valence-corrected chi connectivity index (χ1v) is 17.4. The molecule has 10 rings (SSSR count). The Labute approximate surface area is 291 Å². The highest BCUT2D eigenvalue weighted by Gasteiger charge is 2.17. The van der Waals surface area contributed by atoms with E-state index in [1.54, 1.807) is 0 Å². The first kappa shape index (κ1) is 28.5. The van der Waals surface area contributed by atoms with Crippen LogP contribution in [0.5, 0.6) is 0 Å². The maximum Gasteiger partial charge on any atom is -0.00262 e. The lowest BCUT2D eigenvalue weighted by atomic mass is 9.85. The normalized spacial score (nSPS) is 11.6. The van der Waals surface area contributed by atoms with Gasteiger partial charge in [0.1, 0.15) is 0 Å². The molecule has 0 aliphatic carbocycles. The third-order valence-electron chi connectivity index (χ3n) is 10.5. The summed E-state index contributed by atoms with van der Waals surface area (Å²) in [7, 11) is 0. The van der Waals surface area contributed by atoms with Gasteiger partial charge in [0.2, 0.25) is 0 Å². The van der Waals surface area contributed by atoms with Gasteiger partial charge in [0.25, 0.3) is 0 Å². The van der Waals surface area contributed by atoms with Crippen LogP contribution in [0.25, 0.3) is 98.4 Å². The van der Waals surface area contributed by atoms with Crippen LogP contribution in [-0.4, -0.2) is 0 Å². The predicted molar refractivity (Wildman–Crippen MR) is 216 cm³/mol. The molecule has 0 amide bonds. The second kappa shape index (κ2) is 11.6. The molecule has 0 bridgehead atoms. The Kier molecular flexibility index (Phi) is 6.60. The Hall–Kier alpha value is -6.50. The molecule has 0 aromatic heterocycles. The first-order chi connectivity index (χ1) is 24.8. The third kappa shape index (κ3) is 4.54. The molecule has 232 valence electrons. The van der Waals surface area contributed by atoms with Gasteiger partial charge in [-0.15, -0.1) is 0 Å². The molecule has 0 spiro atoms. The molecule has 0 aliphatic rings. The van der Waals surface area contributed by atoms with E-state index >= 15 is 0 Å². The standard InChI is InChI=1S/C50H32/c1-2-14-37-32-38(29-24-33(37)12-1)50-47-21-9-7-19-45(47)49(46-20-8-10-22-48(46)50)36-27-25-35(26-28-36)40-30-31-44(43-18-6-5-17-41(40)43)42-23-11-15-34-13-3-4-16-39(34)42/h1-32H. The molecule has 0 unspecified atom stereocenters. The molecule has 10 aromatic carbocycles. The molecule has 0 nitrogen and oxygen atoms in total. The van der Waals surface area contributed by atoms with Crippen molar-refractivity contribution in [3.8, 4) is 44.5 Å². The maximum atomic E-state index is 2.34. The van der Waals surface area contributed by atoms with Gasteiger partial charge in [0.15, 0.2) is 0 Å². The molecule has 0 radical (unpaired) electrons. The summed E-state index contributed by atoms with van der Waals surface area (Å²) in [5.74, 6) is 0. The minimum atomic E-state index is 1.22. The van der Waals surface area contributed by atoms with Crippen LogP contribution < -0.4 is 0 Å². The first-order valence-electron chi connectivity index (χ1n) is 17.4. The van der Waals surface area contributed by atoms with Gasteiger partial charge in [-0.2, -0.15) is 0 Å². The fourth-order valence-electron chi connectivity index (χ4n) is 8.16. The second-order valence-corrected chi connectivity index (χ2v) is 13.2. The van der Waals surface area contributed by atoms with Crippen LogP contribution in [0.4, 0.5) is 0 Å². The average Bonchev–Trinajstić information content (AvgIpc) is 3.19. The van der Waals surface area contributed by atoms with E-state index in [0.29, 0.717) is 0 Å². The van der Waals surface area contributed by atoms with Gasteiger partial charge in [-0.05, 0) is 104 Å². The summed E-state index contributed by atoms with van der Waals surface area (Å²) in [6.07, 6.45) is 0. The molecule has 0 atom stereocenters. The Morgan fingerprint density at radius 2 is 0.620 bits per heavy atom. The van der Waals surface area contributed by atoms with E-state index in [0.717, 1.165) is 0 Å². The molecule has 0 heteroatoms. The summed E-state index contributed by atoms with van der Waals surface area (Å²) in [5.41, 5.74) is 10.0. The van der Waals surface area contributed by atoms with Crippen LogP contribution in [0, 0.1) is 0 Å². The fourth-order valence-corrected chi connectivity index (χ4v) is 8.16. The van der Waals surface area contributed by atoms with Gasteiger partial charge >= 0.3 is 0 Å². The highest BCUT2D eigenvalue weighted by Crippen LogP contribution is 2.45. The van der Waals surface area contributed by atoms with E-state index in [2.05, 4.69) is 194 Å². The molecule has 0 saturated carbocycles. The SMILES string of the molecule is c1ccc2cc(-c3c4ccccc4c(-c4ccc(-c5ccc(-c6cccc7ccccc67)c6ccccc56)cc4)c4ccccc34)ccc2c1. The van der Waals surface area contributed by atoms with Gasteiger partial charge < -0.3 is 0 Å². The largest absolute Gasteiger partial charge is 0.0616 e. The van der Waals surface area contributed by atoms with Crippen LogP contribution in [-0.2, 0) is 0 Å². The van der Waals surface area contributed by atoms with Crippen molar-refractivity contribution >= 4 is 53.9 Å². The molecule has 0 fully saturated rings. The van der Waals surface area contributed by atoms with Gasteiger partial charge in [-0.25, -0.2) is 0 Å². The minimum absolute atomic E-state index is 1.22. The van der Waals surface area contributed by atoms with E-state index in [-0.39, 0.29) is 0 Å². The second-order valence-electron chi connectivity index (χ2n) is 13.2. The molecule has 0 saturated heterocycles. The quantitative estimate of drug-likeness (QED) is 0.169. The van der Waals surface area contributed by atoms with Crippen molar-refractivity contribution in [2.24, 2.45) is 0 Å². The zero-order valence-corrected chi connectivity index (χ0v) is 27.5. The molecule has 0 aliphatic heterocycles. The van der Waals surface area contributed by atoms with E-state index < -0.39 is 0 Å². The Bertz CT molecular complexity index is 2850. The summed E-state index contributed by atoms with van der Waals surface area (Å²) in [6.45, 7) is 0. The molecular formula is C50H32. The van der Waals surface area contributed by atoms with Crippen LogP contribution >= 0.6 is 0 Å². The monoisotopic (exact) mass is 632 g/mol. The average molecular weight is 633 g/mol. The van der Waals surface area contributed by atoms with Crippen LogP contribution in [0.3, 0.4) is 0 Å². The van der Waals surface area contributed by atoms with Crippen molar-refractivity contribution in [3.63, 3.8) is 0 Å². The Balaban J connectivity index is 1.13. The van der Waals surface area contributed by atoms with Gasteiger partial charge in [-0.3, -0.25) is 0 Å². The predicted octanol–water partition coefficient (Wildman–Crippen LogP) is 14.1. The van der Waals surface area contributed by atoms with E-state index in [1.807, 2.05) is 0 Å². The van der Waals surface area contributed by atoms with Crippen molar-refractivity contribution in [3.05, 3.63) is 194 Å². The summed E-state index contributed by atoms with van der Waals surface area (Å²) in [6, 6.07) is 71.3. The Morgan fingerprint density at radius 3 is 1.28 bits per heavy atom. The minimum Gasteiger partial charge on any atom is -0.0616 e. The van der Waals surface area contributed by atoms with Crippen LogP contribution in [0.1, 0.15) is 0 Å². The lowest BCUT2D eigenvalue weighted by Gasteiger charge is -2.18. The summed E-state index contributed by atoms with van der Waals surface area (Å²) < 4.78 is 0. The van der Waals surface area contributed by atoms with Crippen molar-refractivity contribution in [1.29, 1.82) is 0 Å². The summed E-state index contributed by atoms with van der Waals surface area (Å²) in [4.78, 5) is 0. The van der Waals surface area contributed by atoms with Crippen molar-refractivity contribution in [2.75, 3.05) is 0 Å². The number of hydrogen-bond donors (Lipinski definition) is 0. The van der Waals surface area contributed by atoms with Crippen molar-refractivity contribution in [2.45, 2.75) is 0 Å². The van der Waals surface area contributed by atoms with Gasteiger partial charge in [0, 0.05) is 0 Å². The smallest absolute Gasteiger partial charge is 0.00262 e. The van der Waals surface area contributed by atoms with Crippen LogP contribution in [0.15, 0.2) is 194 Å². The summed E-state index contributed by atoms with van der Waals surface area (Å²) >= 11 is 0. The lowest BCUT2D eigenvalue weighted by Crippen LogP contribution is -1.91. The summed E-state index contributed by atoms with van der Waals surface area (Å²) in [5, 5.41) is 12.7. The zero-order valence-electron chi connectivity index (χ0n) is 27.5. The molecular weight excluding hydrogens is 601 g/mol. The number of hydrogen-bond acceptors (Lipinski definition) is 0. The van der Waals surface area contributed by atoms with E-state index in [1.165, 1.54) is 98.4 Å². The zero-order chi connectivity index (χ0) is 33.0. The lowest BCUT2D eigenvalue weighted by molar-refractivity contribution is 1.63. The van der Waals surface area contributed by atoms with E-state index in [4.69, 9.17) is 0 Å². The van der Waals surface area contributed by atoms with Gasteiger partial charge in [0.05, 0.1) is 0 Å². The maximum absolute atomic E-state index is 2.34. The molecule has 50 heavy (non-hydrogen) atoms. The number of rotatable bonds is 4. The number of benzene rings is 10. The van der Waals surface area contributed by atoms with Crippen molar-refractivity contribution in [1.82, 2.24) is 0 Å². The highest BCUT2D eigenvalue weighted by molar-refractivity contribution is 6.22. The van der Waals surface area contributed by atoms with Crippen LogP contribution in [0.2, 0.25) is 0 Å². The highest BCUT2D eigenvalue weighted by atomic mass is 14.2. The topological polar surface area (TPSA) is 0 Å². The molecule has 0 N–H and O–H groups in total.